The number of rotatable bonds is 7. The van der Waals surface area contributed by atoms with Gasteiger partial charge in [0.2, 0.25) is 0 Å². The Morgan fingerprint density at radius 1 is 0.963 bits per heavy atom. The number of hydrogen-bond acceptors (Lipinski definition) is 6. The topological polar surface area (TPSA) is 113 Å². The lowest BCUT2D eigenvalue weighted by Gasteiger charge is -2.27. The average Bonchev–Trinajstić information content (AvgIpc) is 3.14. The molecular weight excluding hydrogens is 344 g/mol. The van der Waals surface area contributed by atoms with Crippen molar-refractivity contribution in [3.63, 3.8) is 0 Å². The number of nitrogens with two attached hydrogens (primary N) is 1. The molecule has 0 aliphatic heterocycles. The van der Waals surface area contributed by atoms with E-state index in [1.54, 1.807) is 6.26 Å². The number of aliphatic hydroxyl groups is 3. The van der Waals surface area contributed by atoms with Gasteiger partial charge in [-0.05, 0) is 23.1 Å². The monoisotopic (exact) mass is 368 g/mol. The zero-order valence-electron chi connectivity index (χ0n) is 15.2. The molecule has 3 rings (SSSR count). The van der Waals surface area contributed by atoms with Crippen molar-refractivity contribution in [3.8, 4) is 22.4 Å². The molecule has 0 bridgehead atoms. The Hall–Kier alpha value is -2.51. The minimum absolute atomic E-state index is 0.0746. The van der Waals surface area contributed by atoms with Crippen LogP contribution in [0.2, 0.25) is 0 Å². The first-order valence-corrected chi connectivity index (χ1v) is 8.76. The quantitative estimate of drug-likeness (QED) is 0.509. The zero-order valence-corrected chi connectivity index (χ0v) is 15.2. The molecule has 27 heavy (non-hydrogen) atoms. The fourth-order valence-corrected chi connectivity index (χ4v) is 2.91. The van der Waals surface area contributed by atoms with E-state index < -0.39 is 24.9 Å². The van der Waals surface area contributed by atoms with Crippen molar-refractivity contribution in [2.45, 2.75) is 25.0 Å². The highest BCUT2D eigenvalue weighted by Crippen LogP contribution is 2.27. The van der Waals surface area contributed by atoms with E-state index in [9.17, 15) is 15.3 Å². The summed E-state index contributed by atoms with van der Waals surface area (Å²) in [6, 6.07) is 15.5. The molecule has 3 aromatic rings. The van der Waals surface area contributed by atoms with Crippen molar-refractivity contribution < 1.29 is 19.7 Å². The second-order valence-corrected chi connectivity index (χ2v) is 6.85. The van der Waals surface area contributed by atoms with E-state index in [-0.39, 0.29) is 6.42 Å². The third-order valence-corrected chi connectivity index (χ3v) is 4.66. The molecule has 0 amide bonds. The smallest absolute Gasteiger partial charge is 0.191 e. The molecule has 0 fully saturated rings. The van der Waals surface area contributed by atoms with Crippen molar-refractivity contribution >= 4 is 0 Å². The van der Waals surface area contributed by atoms with Crippen LogP contribution >= 0.6 is 0 Å². The van der Waals surface area contributed by atoms with Gasteiger partial charge in [-0.1, -0.05) is 48.5 Å². The number of oxazole rings is 1. The number of nitrogens with zero attached hydrogens (tertiary/aromatic N) is 1. The molecule has 0 radical (unpaired) electrons. The summed E-state index contributed by atoms with van der Waals surface area (Å²) >= 11 is 0. The number of benzene rings is 2. The Kier molecular flexibility index (Phi) is 5.72. The van der Waals surface area contributed by atoms with Gasteiger partial charge in [-0.15, -0.1) is 0 Å². The van der Waals surface area contributed by atoms with Crippen LogP contribution in [0.1, 0.15) is 24.0 Å². The first-order chi connectivity index (χ1) is 12.9. The summed E-state index contributed by atoms with van der Waals surface area (Å²) in [6.07, 6.45) is 0.850. The van der Waals surface area contributed by atoms with E-state index >= 15 is 0 Å². The lowest BCUT2D eigenvalue weighted by Crippen LogP contribution is -2.48. The fourth-order valence-electron chi connectivity index (χ4n) is 2.91. The standard InChI is InChI=1S/C21H24N2O4/c1-14-23-19(11-27-14)17-6-2-15(3-7-17)16-4-8-18(9-5-16)20(26)10-21(22,12-24)13-25/h2-9,11,20,24-26H,10,12-13,22H2,1H3. The summed E-state index contributed by atoms with van der Waals surface area (Å²) in [4.78, 5) is 4.32. The molecule has 0 spiro atoms. The van der Waals surface area contributed by atoms with E-state index in [2.05, 4.69) is 4.98 Å². The molecule has 5 N–H and O–H groups in total. The molecule has 0 aliphatic rings. The number of hydrogen-bond donors (Lipinski definition) is 4. The second-order valence-electron chi connectivity index (χ2n) is 6.85. The van der Waals surface area contributed by atoms with Crippen LogP contribution in [0, 0.1) is 6.92 Å². The summed E-state index contributed by atoms with van der Waals surface area (Å²) in [5.41, 5.74) is 9.17. The van der Waals surface area contributed by atoms with E-state index in [4.69, 9.17) is 10.2 Å². The third-order valence-electron chi connectivity index (χ3n) is 4.66. The van der Waals surface area contributed by atoms with Gasteiger partial charge in [0, 0.05) is 12.5 Å². The summed E-state index contributed by atoms with van der Waals surface area (Å²) in [5.74, 6) is 0.632. The van der Waals surface area contributed by atoms with Gasteiger partial charge < -0.3 is 25.5 Å². The van der Waals surface area contributed by atoms with Crippen LogP contribution in [0.25, 0.3) is 22.4 Å². The Morgan fingerprint density at radius 3 is 1.96 bits per heavy atom. The first kappa shape index (κ1) is 19.3. The van der Waals surface area contributed by atoms with Gasteiger partial charge in [0.05, 0.1) is 24.9 Å². The molecule has 2 aromatic carbocycles. The lowest BCUT2D eigenvalue weighted by molar-refractivity contribution is 0.0618. The zero-order chi connectivity index (χ0) is 19.4. The predicted octanol–water partition coefficient (Wildman–Crippen LogP) is 2.42. The number of aromatic nitrogens is 1. The van der Waals surface area contributed by atoms with Crippen LogP contribution in [0.15, 0.2) is 59.2 Å². The average molecular weight is 368 g/mol. The van der Waals surface area contributed by atoms with Crippen molar-refractivity contribution in [2.75, 3.05) is 13.2 Å². The highest BCUT2D eigenvalue weighted by atomic mass is 16.3. The Morgan fingerprint density at radius 2 is 1.48 bits per heavy atom. The number of aryl methyl sites for hydroxylation is 1. The maximum absolute atomic E-state index is 10.3. The Balaban J connectivity index is 1.73. The summed E-state index contributed by atoms with van der Waals surface area (Å²) in [6.45, 7) is 1.02. The lowest BCUT2D eigenvalue weighted by atomic mass is 9.91. The van der Waals surface area contributed by atoms with Gasteiger partial charge in [0.15, 0.2) is 5.89 Å². The van der Waals surface area contributed by atoms with Gasteiger partial charge in [-0.3, -0.25) is 0 Å². The van der Waals surface area contributed by atoms with Crippen molar-refractivity contribution in [3.05, 3.63) is 66.2 Å². The number of aliphatic hydroxyl groups excluding tert-OH is 3. The fraction of sp³-hybridized carbons (Fsp3) is 0.286. The van der Waals surface area contributed by atoms with Crippen LogP contribution in [0.5, 0.6) is 0 Å². The predicted molar refractivity (Wildman–Crippen MR) is 103 cm³/mol. The normalized spacial score (nSPS) is 12.9. The molecule has 6 nitrogen and oxygen atoms in total. The minimum Gasteiger partial charge on any atom is -0.449 e. The van der Waals surface area contributed by atoms with Crippen molar-refractivity contribution in [2.24, 2.45) is 5.73 Å². The molecule has 1 unspecified atom stereocenters. The Bertz CT molecular complexity index is 868. The van der Waals surface area contributed by atoms with Crippen LogP contribution in [-0.2, 0) is 0 Å². The van der Waals surface area contributed by atoms with E-state index in [0.29, 0.717) is 11.5 Å². The van der Waals surface area contributed by atoms with Gasteiger partial charge in [-0.25, -0.2) is 4.98 Å². The van der Waals surface area contributed by atoms with Crippen LogP contribution in [0.3, 0.4) is 0 Å². The minimum atomic E-state index is -1.20. The van der Waals surface area contributed by atoms with Gasteiger partial charge >= 0.3 is 0 Å². The molecule has 1 heterocycles. The van der Waals surface area contributed by atoms with Crippen LogP contribution < -0.4 is 5.73 Å². The van der Waals surface area contributed by atoms with E-state index in [1.807, 2.05) is 55.5 Å². The largest absolute Gasteiger partial charge is 0.449 e. The highest BCUT2D eigenvalue weighted by molar-refractivity contribution is 5.68. The van der Waals surface area contributed by atoms with Crippen LogP contribution in [0.4, 0.5) is 0 Å². The summed E-state index contributed by atoms with van der Waals surface area (Å²) < 4.78 is 5.25. The van der Waals surface area contributed by atoms with E-state index in [1.165, 1.54) is 0 Å². The molecule has 1 aromatic heterocycles. The Labute approximate surface area is 157 Å². The highest BCUT2D eigenvalue weighted by Gasteiger charge is 2.27. The first-order valence-electron chi connectivity index (χ1n) is 8.76. The van der Waals surface area contributed by atoms with Crippen LogP contribution in [-0.4, -0.2) is 39.1 Å². The third kappa shape index (κ3) is 4.43. The molecule has 0 saturated carbocycles. The molecule has 0 aliphatic carbocycles. The maximum atomic E-state index is 10.3. The molecule has 0 saturated heterocycles. The second kappa shape index (κ2) is 8.02. The van der Waals surface area contributed by atoms with Gasteiger partial charge in [-0.2, -0.15) is 0 Å². The molecule has 142 valence electrons. The van der Waals surface area contributed by atoms with Crippen molar-refractivity contribution in [1.29, 1.82) is 0 Å². The van der Waals surface area contributed by atoms with Crippen molar-refractivity contribution in [1.82, 2.24) is 4.98 Å². The van der Waals surface area contributed by atoms with Gasteiger partial charge in [0.25, 0.3) is 0 Å². The SMILES string of the molecule is Cc1nc(-c2ccc(-c3ccc(C(O)CC(N)(CO)CO)cc3)cc2)co1. The van der Waals surface area contributed by atoms with E-state index in [0.717, 1.165) is 22.4 Å². The maximum Gasteiger partial charge on any atom is 0.191 e. The summed E-state index contributed by atoms with van der Waals surface area (Å²) in [5, 5.41) is 28.9. The molecule has 6 heteroatoms. The molecule has 1 atom stereocenters. The summed E-state index contributed by atoms with van der Waals surface area (Å²) in [7, 11) is 0. The van der Waals surface area contributed by atoms with Gasteiger partial charge in [0.1, 0.15) is 12.0 Å². The molecular formula is C21H24N2O4.